The van der Waals surface area contributed by atoms with E-state index in [2.05, 4.69) is 58.7 Å². The molecule has 0 aliphatic heterocycles. The molecule has 0 aliphatic rings. The lowest BCUT2D eigenvalue weighted by molar-refractivity contribution is 0.558. The van der Waals surface area contributed by atoms with Crippen LogP contribution in [0.3, 0.4) is 0 Å². The standard InChI is InChI=1S/C15H17BrClNS/c1-3-18-13(15-14(17)10(2)9-19-15)8-11-5-4-6-12(16)7-11/h4-7,9,13,18H,3,8H2,1-2H3. The van der Waals surface area contributed by atoms with Gasteiger partial charge in [0.2, 0.25) is 0 Å². The topological polar surface area (TPSA) is 12.0 Å². The molecule has 0 amide bonds. The van der Waals surface area contributed by atoms with Gasteiger partial charge in [-0.15, -0.1) is 11.3 Å². The predicted molar refractivity (Wildman–Crippen MR) is 88.3 cm³/mol. The number of likely N-dealkylation sites (N-methyl/N-ethyl adjacent to an activating group) is 1. The lowest BCUT2D eigenvalue weighted by Crippen LogP contribution is -2.22. The van der Waals surface area contributed by atoms with Gasteiger partial charge < -0.3 is 5.32 Å². The average molecular weight is 359 g/mol. The van der Waals surface area contributed by atoms with Crippen molar-refractivity contribution in [3.63, 3.8) is 0 Å². The number of hydrogen-bond donors (Lipinski definition) is 1. The van der Waals surface area contributed by atoms with E-state index in [0.29, 0.717) is 0 Å². The molecule has 19 heavy (non-hydrogen) atoms. The Balaban J connectivity index is 2.23. The fourth-order valence-corrected chi connectivity index (χ4v) is 3.94. The van der Waals surface area contributed by atoms with Crippen LogP contribution in [0.15, 0.2) is 34.1 Å². The second-order valence-corrected chi connectivity index (χ2v) is 6.75. The summed E-state index contributed by atoms with van der Waals surface area (Å²) in [5, 5.41) is 6.57. The monoisotopic (exact) mass is 357 g/mol. The van der Waals surface area contributed by atoms with E-state index in [1.165, 1.54) is 16.0 Å². The Kier molecular flexibility index (Phi) is 5.46. The number of benzene rings is 1. The second kappa shape index (κ2) is 6.89. The number of thiophene rings is 1. The van der Waals surface area contributed by atoms with Crippen molar-refractivity contribution in [3.05, 3.63) is 55.1 Å². The first-order valence-electron chi connectivity index (χ1n) is 6.33. The van der Waals surface area contributed by atoms with Crippen molar-refractivity contribution in [3.8, 4) is 0 Å². The van der Waals surface area contributed by atoms with Gasteiger partial charge >= 0.3 is 0 Å². The minimum absolute atomic E-state index is 0.283. The molecule has 1 N–H and O–H groups in total. The zero-order valence-electron chi connectivity index (χ0n) is 11.0. The molecule has 0 bridgehead atoms. The molecule has 0 saturated heterocycles. The summed E-state index contributed by atoms with van der Waals surface area (Å²) in [5.74, 6) is 0. The summed E-state index contributed by atoms with van der Waals surface area (Å²) in [7, 11) is 0. The summed E-state index contributed by atoms with van der Waals surface area (Å²) in [4.78, 5) is 1.24. The number of rotatable bonds is 5. The Labute approximate surface area is 132 Å². The number of halogens is 2. The fourth-order valence-electron chi connectivity index (χ4n) is 2.09. The van der Waals surface area contributed by atoms with Gasteiger partial charge in [-0.1, -0.05) is 46.6 Å². The normalized spacial score (nSPS) is 12.6. The van der Waals surface area contributed by atoms with E-state index in [1.807, 2.05) is 6.07 Å². The summed E-state index contributed by atoms with van der Waals surface area (Å²) in [6.45, 7) is 5.12. The van der Waals surface area contributed by atoms with Crippen molar-refractivity contribution in [2.45, 2.75) is 26.3 Å². The number of nitrogens with one attached hydrogen (secondary N) is 1. The zero-order chi connectivity index (χ0) is 13.8. The maximum atomic E-state index is 6.40. The molecule has 0 radical (unpaired) electrons. The molecule has 4 heteroatoms. The molecule has 0 fully saturated rings. The van der Waals surface area contributed by atoms with Crippen LogP contribution in [0, 0.1) is 6.92 Å². The molecule has 2 aromatic rings. The Morgan fingerprint density at radius 2 is 2.21 bits per heavy atom. The Morgan fingerprint density at radius 1 is 1.42 bits per heavy atom. The maximum Gasteiger partial charge on any atom is 0.0590 e. The molecule has 2 rings (SSSR count). The van der Waals surface area contributed by atoms with Crippen LogP contribution in [-0.2, 0) is 6.42 Å². The molecule has 1 aromatic heterocycles. The van der Waals surface area contributed by atoms with Crippen LogP contribution in [0.2, 0.25) is 5.02 Å². The SMILES string of the molecule is CCNC(Cc1cccc(Br)c1)c1scc(C)c1Cl. The lowest BCUT2D eigenvalue weighted by atomic mass is 10.0. The van der Waals surface area contributed by atoms with Crippen molar-refractivity contribution in [1.82, 2.24) is 5.32 Å². The van der Waals surface area contributed by atoms with Crippen LogP contribution < -0.4 is 5.32 Å². The van der Waals surface area contributed by atoms with E-state index in [4.69, 9.17) is 11.6 Å². The van der Waals surface area contributed by atoms with E-state index in [0.717, 1.165) is 22.5 Å². The predicted octanol–water partition coefficient (Wildman–Crippen LogP) is 5.37. The summed E-state index contributed by atoms with van der Waals surface area (Å²) < 4.78 is 1.12. The molecular formula is C15H17BrClNS. The molecule has 1 aromatic carbocycles. The molecule has 1 unspecified atom stereocenters. The highest BCUT2D eigenvalue weighted by Gasteiger charge is 2.17. The van der Waals surface area contributed by atoms with Crippen LogP contribution in [-0.4, -0.2) is 6.54 Å². The Bertz CT molecular complexity index is 553. The third kappa shape index (κ3) is 3.82. The Morgan fingerprint density at radius 3 is 2.79 bits per heavy atom. The van der Waals surface area contributed by atoms with Crippen molar-refractivity contribution in [2.75, 3.05) is 6.54 Å². The van der Waals surface area contributed by atoms with Crippen molar-refractivity contribution >= 4 is 38.9 Å². The van der Waals surface area contributed by atoms with E-state index >= 15 is 0 Å². The van der Waals surface area contributed by atoms with Gasteiger partial charge in [0.05, 0.1) is 5.02 Å². The van der Waals surface area contributed by atoms with Gasteiger partial charge in [-0.05, 0) is 48.5 Å². The van der Waals surface area contributed by atoms with Gasteiger partial charge in [0.25, 0.3) is 0 Å². The highest BCUT2D eigenvalue weighted by Crippen LogP contribution is 2.34. The molecule has 0 spiro atoms. The minimum Gasteiger partial charge on any atom is -0.309 e. The van der Waals surface area contributed by atoms with Crippen molar-refractivity contribution < 1.29 is 0 Å². The maximum absolute atomic E-state index is 6.40. The molecular weight excluding hydrogens is 342 g/mol. The van der Waals surface area contributed by atoms with Crippen LogP contribution in [0.1, 0.15) is 29.0 Å². The summed E-state index contributed by atoms with van der Waals surface area (Å²) in [6, 6.07) is 8.73. The molecule has 1 atom stereocenters. The van der Waals surface area contributed by atoms with Crippen LogP contribution >= 0.6 is 38.9 Å². The summed E-state index contributed by atoms with van der Waals surface area (Å²) >= 11 is 11.7. The highest BCUT2D eigenvalue weighted by molar-refractivity contribution is 9.10. The lowest BCUT2D eigenvalue weighted by Gasteiger charge is -2.17. The highest BCUT2D eigenvalue weighted by atomic mass is 79.9. The average Bonchev–Trinajstić information content (AvgIpc) is 2.70. The first-order chi connectivity index (χ1) is 9.11. The second-order valence-electron chi connectivity index (χ2n) is 4.54. The van der Waals surface area contributed by atoms with Crippen LogP contribution in [0.4, 0.5) is 0 Å². The molecule has 0 aliphatic carbocycles. The zero-order valence-corrected chi connectivity index (χ0v) is 14.2. The van der Waals surface area contributed by atoms with E-state index in [1.54, 1.807) is 11.3 Å². The van der Waals surface area contributed by atoms with E-state index in [-0.39, 0.29) is 6.04 Å². The van der Waals surface area contributed by atoms with Crippen molar-refractivity contribution in [1.29, 1.82) is 0 Å². The quantitative estimate of drug-likeness (QED) is 0.758. The minimum atomic E-state index is 0.283. The van der Waals surface area contributed by atoms with E-state index < -0.39 is 0 Å². The van der Waals surface area contributed by atoms with Gasteiger partial charge in [-0.25, -0.2) is 0 Å². The molecule has 1 heterocycles. The van der Waals surface area contributed by atoms with Crippen LogP contribution in [0.5, 0.6) is 0 Å². The molecule has 102 valence electrons. The van der Waals surface area contributed by atoms with E-state index in [9.17, 15) is 0 Å². The number of aryl methyl sites for hydroxylation is 1. The van der Waals surface area contributed by atoms with Gasteiger partial charge in [0, 0.05) is 15.4 Å². The third-order valence-corrected chi connectivity index (χ3v) is 5.34. The van der Waals surface area contributed by atoms with Gasteiger partial charge in [-0.2, -0.15) is 0 Å². The molecule has 0 saturated carbocycles. The molecule has 1 nitrogen and oxygen atoms in total. The van der Waals surface area contributed by atoms with Gasteiger partial charge in [0.15, 0.2) is 0 Å². The Hall–Kier alpha value is -0.350. The smallest absolute Gasteiger partial charge is 0.0590 e. The largest absolute Gasteiger partial charge is 0.309 e. The number of hydrogen-bond acceptors (Lipinski definition) is 2. The van der Waals surface area contributed by atoms with Gasteiger partial charge in [0.1, 0.15) is 0 Å². The van der Waals surface area contributed by atoms with Gasteiger partial charge in [-0.3, -0.25) is 0 Å². The van der Waals surface area contributed by atoms with Crippen LogP contribution in [0.25, 0.3) is 0 Å². The first kappa shape index (κ1) is 15.0. The summed E-state index contributed by atoms with van der Waals surface area (Å²) in [5.41, 5.74) is 2.47. The summed E-state index contributed by atoms with van der Waals surface area (Å²) in [6.07, 6.45) is 0.951. The first-order valence-corrected chi connectivity index (χ1v) is 8.38. The van der Waals surface area contributed by atoms with Crippen molar-refractivity contribution in [2.24, 2.45) is 0 Å². The fraction of sp³-hybridized carbons (Fsp3) is 0.333. The third-order valence-electron chi connectivity index (χ3n) is 3.02.